The van der Waals surface area contributed by atoms with Gasteiger partial charge in [-0.25, -0.2) is 4.98 Å². The van der Waals surface area contributed by atoms with E-state index in [1.165, 1.54) is 11.8 Å². The molecule has 3 rings (SSSR count). The number of pyridine rings is 1. The third-order valence-corrected chi connectivity index (χ3v) is 4.56. The molecule has 6 nitrogen and oxygen atoms in total. The van der Waals surface area contributed by atoms with E-state index in [0.29, 0.717) is 21.8 Å². The lowest BCUT2D eigenvalue weighted by Crippen LogP contribution is -2.15. The van der Waals surface area contributed by atoms with Crippen LogP contribution >= 0.6 is 23.4 Å². The van der Waals surface area contributed by atoms with Crippen LogP contribution in [0, 0.1) is 0 Å². The van der Waals surface area contributed by atoms with Crippen LogP contribution in [0.4, 0.5) is 5.82 Å². The molecule has 24 heavy (non-hydrogen) atoms. The SMILES string of the molecule is Cn1c(SCC(=O)Nc2ccccn2)nnc1-c1ccccc1Cl. The van der Waals surface area contributed by atoms with Crippen molar-refractivity contribution in [3.8, 4) is 11.4 Å². The summed E-state index contributed by atoms with van der Waals surface area (Å²) in [5.41, 5.74) is 0.805. The van der Waals surface area contributed by atoms with Gasteiger partial charge < -0.3 is 9.88 Å². The Morgan fingerprint density at radius 1 is 1.21 bits per heavy atom. The van der Waals surface area contributed by atoms with Gasteiger partial charge in [0.05, 0.1) is 10.8 Å². The van der Waals surface area contributed by atoms with E-state index in [1.807, 2.05) is 35.9 Å². The lowest BCUT2D eigenvalue weighted by atomic mass is 10.2. The maximum Gasteiger partial charge on any atom is 0.236 e. The Morgan fingerprint density at radius 2 is 2.00 bits per heavy atom. The van der Waals surface area contributed by atoms with E-state index < -0.39 is 0 Å². The highest BCUT2D eigenvalue weighted by Crippen LogP contribution is 2.28. The van der Waals surface area contributed by atoms with Crippen LogP contribution in [0.3, 0.4) is 0 Å². The third kappa shape index (κ3) is 3.74. The number of anilines is 1. The minimum absolute atomic E-state index is 0.152. The number of hydrogen-bond donors (Lipinski definition) is 1. The first-order valence-electron chi connectivity index (χ1n) is 7.13. The molecule has 8 heteroatoms. The highest BCUT2D eigenvalue weighted by molar-refractivity contribution is 7.99. The second-order valence-electron chi connectivity index (χ2n) is 4.90. The Kier molecular flexibility index (Phi) is 5.12. The Bertz CT molecular complexity index is 853. The van der Waals surface area contributed by atoms with E-state index in [0.717, 1.165) is 5.56 Å². The maximum absolute atomic E-state index is 12.0. The predicted molar refractivity (Wildman–Crippen MR) is 95.0 cm³/mol. The normalized spacial score (nSPS) is 10.6. The van der Waals surface area contributed by atoms with Crippen molar-refractivity contribution < 1.29 is 4.79 Å². The number of rotatable bonds is 5. The Morgan fingerprint density at radius 3 is 2.75 bits per heavy atom. The van der Waals surface area contributed by atoms with Gasteiger partial charge in [0.15, 0.2) is 11.0 Å². The zero-order valence-electron chi connectivity index (χ0n) is 12.8. The number of carbonyl (C=O) groups excluding carboxylic acids is 1. The first-order chi connectivity index (χ1) is 11.6. The third-order valence-electron chi connectivity index (χ3n) is 3.21. The summed E-state index contributed by atoms with van der Waals surface area (Å²) in [7, 11) is 1.84. The number of nitrogens with zero attached hydrogens (tertiary/aromatic N) is 4. The molecular weight excluding hydrogens is 346 g/mol. The summed E-state index contributed by atoms with van der Waals surface area (Å²) in [6.07, 6.45) is 1.63. The molecule has 0 aliphatic carbocycles. The van der Waals surface area contributed by atoms with E-state index in [-0.39, 0.29) is 11.7 Å². The van der Waals surface area contributed by atoms with Crippen molar-refractivity contribution in [2.75, 3.05) is 11.1 Å². The van der Waals surface area contributed by atoms with Crippen molar-refractivity contribution in [1.82, 2.24) is 19.7 Å². The molecule has 1 N–H and O–H groups in total. The average Bonchev–Trinajstić information content (AvgIpc) is 2.95. The summed E-state index contributed by atoms with van der Waals surface area (Å²) in [4.78, 5) is 16.0. The molecule has 0 fully saturated rings. The molecule has 1 aromatic carbocycles. The van der Waals surface area contributed by atoms with Crippen molar-refractivity contribution in [2.45, 2.75) is 5.16 Å². The first-order valence-corrected chi connectivity index (χ1v) is 8.49. The molecule has 2 aromatic heterocycles. The Balaban J connectivity index is 1.67. The minimum atomic E-state index is -0.152. The van der Waals surface area contributed by atoms with Crippen LogP contribution in [0.5, 0.6) is 0 Å². The highest BCUT2D eigenvalue weighted by Gasteiger charge is 2.14. The number of benzene rings is 1. The molecule has 0 aliphatic heterocycles. The van der Waals surface area contributed by atoms with Gasteiger partial charge in [-0.15, -0.1) is 10.2 Å². The van der Waals surface area contributed by atoms with Crippen molar-refractivity contribution in [3.63, 3.8) is 0 Å². The molecule has 0 saturated heterocycles. The van der Waals surface area contributed by atoms with Gasteiger partial charge in [-0.3, -0.25) is 4.79 Å². The van der Waals surface area contributed by atoms with Gasteiger partial charge in [-0.1, -0.05) is 41.6 Å². The number of aromatic nitrogens is 4. The molecule has 0 spiro atoms. The summed E-state index contributed by atoms with van der Waals surface area (Å²) in [6, 6.07) is 12.8. The van der Waals surface area contributed by atoms with E-state index in [2.05, 4.69) is 20.5 Å². The van der Waals surface area contributed by atoms with Crippen molar-refractivity contribution >= 4 is 35.1 Å². The van der Waals surface area contributed by atoms with Crippen LogP contribution in [0.15, 0.2) is 53.8 Å². The smallest absolute Gasteiger partial charge is 0.236 e. The van der Waals surface area contributed by atoms with Gasteiger partial charge >= 0.3 is 0 Å². The minimum Gasteiger partial charge on any atom is -0.310 e. The number of carbonyl (C=O) groups is 1. The van der Waals surface area contributed by atoms with Gasteiger partial charge in [0.25, 0.3) is 0 Å². The second kappa shape index (κ2) is 7.46. The van der Waals surface area contributed by atoms with Gasteiger partial charge in [0.2, 0.25) is 5.91 Å². The molecule has 122 valence electrons. The second-order valence-corrected chi connectivity index (χ2v) is 6.25. The van der Waals surface area contributed by atoms with Crippen LogP contribution in [-0.4, -0.2) is 31.4 Å². The molecule has 0 atom stereocenters. The first kappa shape index (κ1) is 16.5. The summed E-state index contributed by atoms with van der Waals surface area (Å²) in [5.74, 6) is 1.25. The molecule has 0 radical (unpaired) electrons. The van der Waals surface area contributed by atoms with Gasteiger partial charge in [-0.05, 0) is 24.3 Å². The van der Waals surface area contributed by atoms with E-state index in [9.17, 15) is 4.79 Å². The highest BCUT2D eigenvalue weighted by atomic mass is 35.5. The average molecular weight is 360 g/mol. The summed E-state index contributed by atoms with van der Waals surface area (Å²) in [6.45, 7) is 0. The van der Waals surface area contributed by atoms with Crippen LogP contribution in [-0.2, 0) is 11.8 Å². The van der Waals surface area contributed by atoms with Gasteiger partial charge in [0.1, 0.15) is 5.82 Å². The Labute approximate surface area is 148 Å². The van der Waals surface area contributed by atoms with Gasteiger partial charge in [-0.2, -0.15) is 0 Å². The van der Waals surface area contributed by atoms with Crippen LogP contribution < -0.4 is 5.32 Å². The molecule has 0 aliphatic rings. The summed E-state index contributed by atoms with van der Waals surface area (Å²) >= 11 is 7.50. The van der Waals surface area contributed by atoms with E-state index >= 15 is 0 Å². The fourth-order valence-electron chi connectivity index (χ4n) is 2.06. The zero-order valence-corrected chi connectivity index (χ0v) is 14.4. The molecule has 0 unspecified atom stereocenters. The molecular formula is C16H14ClN5OS. The summed E-state index contributed by atoms with van der Waals surface area (Å²) in [5, 5.41) is 12.3. The number of halogens is 1. The number of thioether (sulfide) groups is 1. The quantitative estimate of drug-likeness (QED) is 0.708. The Hall–Kier alpha value is -2.38. The standard InChI is InChI=1S/C16H14ClN5OS/c1-22-15(11-6-2-3-7-12(11)17)20-21-16(22)24-10-14(23)19-13-8-4-5-9-18-13/h2-9H,10H2,1H3,(H,18,19,23). The van der Waals surface area contributed by atoms with Crippen molar-refractivity contribution in [3.05, 3.63) is 53.7 Å². The van der Waals surface area contributed by atoms with Crippen molar-refractivity contribution in [2.24, 2.45) is 7.05 Å². The fraction of sp³-hybridized carbons (Fsp3) is 0.125. The molecule has 1 amide bonds. The molecule has 0 saturated carbocycles. The van der Waals surface area contributed by atoms with Crippen molar-refractivity contribution in [1.29, 1.82) is 0 Å². The largest absolute Gasteiger partial charge is 0.310 e. The van der Waals surface area contributed by atoms with Crippen LogP contribution in [0.1, 0.15) is 0 Å². The van der Waals surface area contributed by atoms with E-state index in [1.54, 1.807) is 24.4 Å². The topological polar surface area (TPSA) is 72.7 Å². The molecule has 2 heterocycles. The number of amides is 1. The lowest BCUT2D eigenvalue weighted by Gasteiger charge is -2.06. The molecule has 3 aromatic rings. The lowest BCUT2D eigenvalue weighted by molar-refractivity contribution is -0.113. The predicted octanol–water partition coefficient (Wildman–Crippen LogP) is 3.26. The van der Waals surface area contributed by atoms with E-state index in [4.69, 9.17) is 11.6 Å². The van der Waals surface area contributed by atoms with Gasteiger partial charge in [0, 0.05) is 18.8 Å². The monoisotopic (exact) mass is 359 g/mol. The van der Waals surface area contributed by atoms with Crippen LogP contribution in [0.25, 0.3) is 11.4 Å². The maximum atomic E-state index is 12.0. The fourth-order valence-corrected chi connectivity index (χ4v) is 2.99. The zero-order chi connectivity index (χ0) is 16.9. The van der Waals surface area contributed by atoms with Crippen LogP contribution in [0.2, 0.25) is 5.02 Å². The number of hydrogen-bond acceptors (Lipinski definition) is 5. The molecule has 0 bridgehead atoms. The number of nitrogens with one attached hydrogen (secondary N) is 1. The summed E-state index contributed by atoms with van der Waals surface area (Å²) < 4.78 is 1.82.